The standard InChI is InChI=1S/C18H24N4/c1-12-18(11-22(2)21-12)20-15-6-5-14-7-8-19-17(16(14)10-15)9-13-3-4-13/h5-6,10-11,13,17,19-20H,3-4,7-9H2,1-2H3. The van der Waals surface area contributed by atoms with Crippen molar-refractivity contribution in [2.45, 2.75) is 38.6 Å². The number of nitrogens with zero attached hydrogens (tertiary/aromatic N) is 2. The first-order chi connectivity index (χ1) is 10.7. The molecule has 0 radical (unpaired) electrons. The molecule has 4 rings (SSSR count). The van der Waals surface area contributed by atoms with Gasteiger partial charge in [-0.2, -0.15) is 5.10 Å². The van der Waals surface area contributed by atoms with E-state index in [2.05, 4.69) is 33.9 Å². The fraction of sp³-hybridized carbons (Fsp3) is 0.500. The number of fused-ring (bicyclic) bond motifs is 1. The molecule has 0 saturated heterocycles. The molecule has 1 atom stereocenters. The molecule has 4 heteroatoms. The molecule has 0 amide bonds. The van der Waals surface area contributed by atoms with Crippen LogP contribution in [0.5, 0.6) is 0 Å². The average Bonchev–Trinajstić information content (AvgIpc) is 3.25. The Bertz CT molecular complexity index is 684. The van der Waals surface area contributed by atoms with Crippen LogP contribution in [0.3, 0.4) is 0 Å². The van der Waals surface area contributed by atoms with Gasteiger partial charge in [-0.05, 0) is 55.5 Å². The quantitative estimate of drug-likeness (QED) is 0.908. The molecule has 2 aromatic rings. The van der Waals surface area contributed by atoms with E-state index < -0.39 is 0 Å². The summed E-state index contributed by atoms with van der Waals surface area (Å²) < 4.78 is 1.85. The summed E-state index contributed by atoms with van der Waals surface area (Å²) in [6.07, 6.45) is 7.31. The maximum absolute atomic E-state index is 4.40. The largest absolute Gasteiger partial charge is 0.353 e. The van der Waals surface area contributed by atoms with Crippen molar-refractivity contribution in [2.24, 2.45) is 13.0 Å². The van der Waals surface area contributed by atoms with E-state index in [-0.39, 0.29) is 0 Å². The Morgan fingerprint density at radius 1 is 1.36 bits per heavy atom. The summed E-state index contributed by atoms with van der Waals surface area (Å²) in [4.78, 5) is 0. The summed E-state index contributed by atoms with van der Waals surface area (Å²) in [5.74, 6) is 0.945. The molecule has 1 aliphatic heterocycles. The van der Waals surface area contributed by atoms with Gasteiger partial charge in [-0.1, -0.05) is 18.9 Å². The van der Waals surface area contributed by atoms with Crippen LogP contribution in [0.15, 0.2) is 24.4 Å². The minimum absolute atomic E-state index is 0.535. The molecule has 1 aliphatic carbocycles. The maximum atomic E-state index is 4.40. The summed E-state index contributed by atoms with van der Waals surface area (Å²) in [5.41, 5.74) is 6.29. The van der Waals surface area contributed by atoms with Crippen molar-refractivity contribution in [2.75, 3.05) is 11.9 Å². The number of nitrogens with one attached hydrogen (secondary N) is 2. The number of anilines is 2. The van der Waals surface area contributed by atoms with E-state index in [0.29, 0.717) is 6.04 Å². The lowest BCUT2D eigenvalue weighted by Crippen LogP contribution is -2.30. The minimum Gasteiger partial charge on any atom is -0.353 e. The van der Waals surface area contributed by atoms with E-state index in [4.69, 9.17) is 0 Å². The Balaban J connectivity index is 1.60. The van der Waals surface area contributed by atoms with E-state index in [1.54, 1.807) is 0 Å². The maximum Gasteiger partial charge on any atom is 0.0828 e. The van der Waals surface area contributed by atoms with Crippen molar-refractivity contribution in [1.29, 1.82) is 0 Å². The average molecular weight is 296 g/mol. The second-order valence-electron chi connectivity index (χ2n) is 6.78. The molecule has 1 aromatic heterocycles. The molecule has 1 saturated carbocycles. The Morgan fingerprint density at radius 3 is 2.95 bits per heavy atom. The van der Waals surface area contributed by atoms with E-state index >= 15 is 0 Å². The van der Waals surface area contributed by atoms with Gasteiger partial charge in [0.1, 0.15) is 0 Å². The molecule has 2 N–H and O–H groups in total. The molecule has 0 spiro atoms. The molecular formula is C18H24N4. The third-order valence-corrected chi connectivity index (χ3v) is 4.86. The summed E-state index contributed by atoms with van der Waals surface area (Å²) in [7, 11) is 1.96. The second kappa shape index (κ2) is 5.43. The lowest BCUT2D eigenvalue weighted by atomic mass is 9.90. The zero-order chi connectivity index (χ0) is 15.1. The first-order valence-corrected chi connectivity index (χ1v) is 8.32. The highest BCUT2D eigenvalue weighted by molar-refractivity contribution is 5.62. The summed E-state index contributed by atoms with van der Waals surface area (Å²) in [6.45, 7) is 3.15. The first kappa shape index (κ1) is 13.8. The van der Waals surface area contributed by atoms with E-state index in [1.165, 1.54) is 36.1 Å². The highest BCUT2D eigenvalue weighted by Gasteiger charge is 2.28. The predicted octanol–water partition coefficient (Wildman–Crippen LogP) is 3.46. The molecule has 22 heavy (non-hydrogen) atoms. The fourth-order valence-corrected chi connectivity index (χ4v) is 3.49. The van der Waals surface area contributed by atoms with Crippen LogP contribution in [-0.4, -0.2) is 16.3 Å². The molecule has 1 unspecified atom stereocenters. The Labute approximate surface area is 131 Å². The van der Waals surface area contributed by atoms with Crippen LogP contribution in [-0.2, 0) is 13.5 Å². The first-order valence-electron chi connectivity index (χ1n) is 8.32. The van der Waals surface area contributed by atoms with Gasteiger partial charge in [-0.25, -0.2) is 0 Å². The molecule has 1 fully saturated rings. The molecule has 1 aromatic carbocycles. The Kier molecular flexibility index (Phi) is 3.41. The molecule has 2 aliphatic rings. The van der Waals surface area contributed by atoms with Crippen LogP contribution < -0.4 is 10.6 Å². The van der Waals surface area contributed by atoms with Gasteiger partial charge in [0.2, 0.25) is 0 Å². The Morgan fingerprint density at radius 2 is 2.23 bits per heavy atom. The Hall–Kier alpha value is -1.81. The van der Waals surface area contributed by atoms with Crippen LogP contribution in [0.25, 0.3) is 0 Å². The van der Waals surface area contributed by atoms with Gasteiger partial charge < -0.3 is 10.6 Å². The van der Waals surface area contributed by atoms with Crippen LogP contribution in [0.2, 0.25) is 0 Å². The third-order valence-electron chi connectivity index (χ3n) is 4.86. The number of rotatable bonds is 4. The number of aromatic nitrogens is 2. The summed E-state index contributed by atoms with van der Waals surface area (Å²) in [6, 6.07) is 7.36. The molecule has 4 nitrogen and oxygen atoms in total. The van der Waals surface area contributed by atoms with E-state index in [9.17, 15) is 0 Å². The molecular weight excluding hydrogens is 272 g/mol. The number of hydrogen-bond acceptors (Lipinski definition) is 3. The SMILES string of the molecule is Cc1nn(C)cc1Nc1ccc2c(c1)C(CC1CC1)NCC2. The van der Waals surface area contributed by atoms with Crippen molar-refractivity contribution in [3.05, 3.63) is 41.2 Å². The topological polar surface area (TPSA) is 41.9 Å². The monoisotopic (exact) mass is 296 g/mol. The van der Waals surface area contributed by atoms with Gasteiger partial charge in [-0.15, -0.1) is 0 Å². The van der Waals surface area contributed by atoms with Gasteiger partial charge in [0.05, 0.1) is 11.4 Å². The highest BCUT2D eigenvalue weighted by atomic mass is 15.3. The van der Waals surface area contributed by atoms with Gasteiger partial charge in [0.25, 0.3) is 0 Å². The summed E-state index contributed by atoms with van der Waals surface area (Å²) >= 11 is 0. The van der Waals surface area contributed by atoms with Crippen molar-refractivity contribution >= 4 is 11.4 Å². The zero-order valence-corrected chi connectivity index (χ0v) is 13.4. The lowest BCUT2D eigenvalue weighted by molar-refractivity contribution is 0.453. The number of hydrogen-bond donors (Lipinski definition) is 2. The summed E-state index contributed by atoms with van der Waals surface area (Å²) in [5, 5.41) is 11.6. The smallest absolute Gasteiger partial charge is 0.0828 e. The van der Waals surface area contributed by atoms with Gasteiger partial charge in [-0.3, -0.25) is 4.68 Å². The van der Waals surface area contributed by atoms with E-state index in [0.717, 1.165) is 30.3 Å². The van der Waals surface area contributed by atoms with Crippen LogP contribution in [0.1, 0.15) is 42.1 Å². The molecule has 2 heterocycles. The second-order valence-corrected chi connectivity index (χ2v) is 6.78. The zero-order valence-electron chi connectivity index (χ0n) is 13.4. The predicted molar refractivity (Wildman–Crippen MR) is 89.5 cm³/mol. The van der Waals surface area contributed by atoms with Crippen molar-refractivity contribution in [1.82, 2.24) is 15.1 Å². The fourth-order valence-electron chi connectivity index (χ4n) is 3.49. The van der Waals surface area contributed by atoms with Crippen molar-refractivity contribution in [3.63, 3.8) is 0 Å². The van der Waals surface area contributed by atoms with Gasteiger partial charge >= 0.3 is 0 Å². The van der Waals surface area contributed by atoms with Crippen molar-refractivity contribution < 1.29 is 0 Å². The highest BCUT2D eigenvalue weighted by Crippen LogP contribution is 2.40. The van der Waals surface area contributed by atoms with Crippen molar-refractivity contribution in [3.8, 4) is 0 Å². The molecule has 0 bridgehead atoms. The third kappa shape index (κ3) is 2.75. The number of benzene rings is 1. The molecule has 116 valence electrons. The van der Waals surface area contributed by atoms with E-state index in [1.807, 2.05) is 24.9 Å². The number of aryl methyl sites for hydroxylation is 2. The van der Waals surface area contributed by atoms with Crippen LogP contribution >= 0.6 is 0 Å². The lowest BCUT2D eigenvalue weighted by Gasteiger charge is -2.27. The van der Waals surface area contributed by atoms with Gasteiger partial charge in [0, 0.05) is 25.0 Å². The van der Waals surface area contributed by atoms with Gasteiger partial charge in [0.15, 0.2) is 0 Å². The normalized spacial score (nSPS) is 20.7. The minimum atomic E-state index is 0.535. The van der Waals surface area contributed by atoms with Crippen LogP contribution in [0, 0.1) is 12.8 Å². The van der Waals surface area contributed by atoms with Crippen LogP contribution in [0.4, 0.5) is 11.4 Å².